The van der Waals surface area contributed by atoms with Gasteiger partial charge in [-0.05, 0) is 23.8 Å². The van der Waals surface area contributed by atoms with E-state index in [1.807, 2.05) is 12.3 Å². The van der Waals surface area contributed by atoms with Crippen molar-refractivity contribution in [3.05, 3.63) is 61.0 Å². The zero-order valence-electron chi connectivity index (χ0n) is 9.68. The van der Waals surface area contributed by atoms with Crippen molar-refractivity contribution >= 4 is 21.9 Å². The molecular formula is C16H11NO. The van der Waals surface area contributed by atoms with Crippen molar-refractivity contribution in [3.63, 3.8) is 0 Å². The predicted octanol–water partition coefficient (Wildman–Crippen LogP) is 4.58. The number of hydrogen-bond donors (Lipinski definition) is 1. The summed E-state index contributed by atoms with van der Waals surface area (Å²) in [4.78, 5) is 3.24. The molecule has 2 aromatic heterocycles. The molecule has 4 rings (SSSR count). The summed E-state index contributed by atoms with van der Waals surface area (Å²) >= 11 is 0. The molecule has 2 heteroatoms. The number of H-pyrrole nitrogens is 1. The fourth-order valence-electron chi connectivity index (χ4n) is 2.53. The van der Waals surface area contributed by atoms with Crippen molar-refractivity contribution in [1.29, 1.82) is 0 Å². The number of para-hydroxylation sites is 1. The summed E-state index contributed by atoms with van der Waals surface area (Å²) in [7, 11) is 0. The zero-order valence-corrected chi connectivity index (χ0v) is 9.68. The summed E-state index contributed by atoms with van der Waals surface area (Å²) in [5.41, 5.74) is 4.44. The fraction of sp³-hybridized carbons (Fsp3) is 0. The Morgan fingerprint density at radius 1 is 0.833 bits per heavy atom. The van der Waals surface area contributed by atoms with Gasteiger partial charge < -0.3 is 9.40 Å². The summed E-state index contributed by atoms with van der Waals surface area (Å²) in [5.74, 6) is 0. The molecule has 0 fully saturated rings. The minimum absolute atomic E-state index is 0.950. The maximum absolute atomic E-state index is 5.62. The van der Waals surface area contributed by atoms with Crippen LogP contribution in [0, 0.1) is 0 Å². The average molecular weight is 233 g/mol. The fourth-order valence-corrected chi connectivity index (χ4v) is 2.53. The molecule has 0 unspecified atom stereocenters. The van der Waals surface area contributed by atoms with Crippen LogP contribution in [0.3, 0.4) is 0 Å². The van der Waals surface area contributed by atoms with Crippen molar-refractivity contribution in [3.8, 4) is 11.1 Å². The number of aromatic amines is 1. The monoisotopic (exact) mass is 233 g/mol. The lowest BCUT2D eigenvalue weighted by molar-refractivity contribution is 0.617. The van der Waals surface area contributed by atoms with Crippen LogP contribution in [0.2, 0.25) is 0 Å². The van der Waals surface area contributed by atoms with E-state index >= 15 is 0 Å². The van der Waals surface area contributed by atoms with Crippen LogP contribution in [0.25, 0.3) is 33.0 Å². The molecule has 0 aliphatic heterocycles. The van der Waals surface area contributed by atoms with Gasteiger partial charge in [-0.2, -0.15) is 0 Å². The normalized spacial score (nSPS) is 11.3. The summed E-state index contributed by atoms with van der Waals surface area (Å²) in [5, 5.41) is 2.36. The van der Waals surface area contributed by atoms with Crippen LogP contribution >= 0.6 is 0 Å². The summed E-state index contributed by atoms with van der Waals surface area (Å²) < 4.78 is 5.62. The molecule has 2 nitrogen and oxygen atoms in total. The van der Waals surface area contributed by atoms with Crippen molar-refractivity contribution in [2.45, 2.75) is 0 Å². The molecular weight excluding hydrogens is 222 g/mol. The molecule has 86 valence electrons. The first-order chi connectivity index (χ1) is 8.93. The number of nitrogens with one attached hydrogen (secondary N) is 1. The third kappa shape index (κ3) is 1.23. The number of benzene rings is 2. The Morgan fingerprint density at radius 2 is 1.72 bits per heavy atom. The summed E-state index contributed by atoms with van der Waals surface area (Å²) in [6, 6.07) is 16.6. The van der Waals surface area contributed by atoms with Gasteiger partial charge in [-0.1, -0.05) is 30.3 Å². The highest BCUT2D eigenvalue weighted by Crippen LogP contribution is 2.33. The lowest BCUT2D eigenvalue weighted by Crippen LogP contribution is -1.80. The van der Waals surface area contributed by atoms with Gasteiger partial charge in [0.05, 0.1) is 6.26 Å². The molecule has 0 bridgehead atoms. The number of rotatable bonds is 1. The predicted molar refractivity (Wildman–Crippen MR) is 73.5 cm³/mol. The molecule has 0 saturated carbocycles. The Bertz CT molecular complexity index is 766. The lowest BCUT2D eigenvalue weighted by Gasteiger charge is -2.04. The van der Waals surface area contributed by atoms with Gasteiger partial charge in [0.15, 0.2) is 0 Å². The zero-order chi connectivity index (χ0) is 11.9. The molecule has 18 heavy (non-hydrogen) atoms. The molecule has 0 atom stereocenters. The first kappa shape index (κ1) is 9.54. The van der Waals surface area contributed by atoms with Crippen molar-refractivity contribution in [1.82, 2.24) is 4.98 Å². The van der Waals surface area contributed by atoms with Gasteiger partial charge in [0.1, 0.15) is 5.58 Å². The second kappa shape index (κ2) is 3.50. The van der Waals surface area contributed by atoms with Gasteiger partial charge in [0.2, 0.25) is 0 Å². The molecule has 0 amide bonds. The van der Waals surface area contributed by atoms with Crippen LogP contribution in [0.5, 0.6) is 0 Å². The molecule has 0 radical (unpaired) electrons. The number of hydrogen-bond acceptors (Lipinski definition) is 1. The van der Waals surface area contributed by atoms with Crippen LogP contribution in [0.4, 0.5) is 0 Å². The van der Waals surface area contributed by atoms with E-state index in [1.165, 1.54) is 10.9 Å². The summed E-state index contributed by atoms with van der Waals surface area (Å²) in [6.07, 6.45) is 3.71. The molecule has 2 heterocycles. The van der Waals surface area contributed by atoms with Crippen molar-refractivity contribution in [2.75, 3.05) is 0 Å². The van der Waals surface area contributed by atoms with E-state index < -0.39 is 0 Å². The van der Waals surface area contributed by atoms with Crippen molar-refractivity contribution < 1.29 is 4.42 Å². The molecule has 0 spiro atoms. The second-order valence-electron chi connectivity index (χ2n) is 4.39. The van der Waals surface area contributed by atoms with Gasteiger partial charge in [-0.25, -0.2) is 0 Å². The first-order valence-electron chi connectivity index (χ1n) is 5.96. The van der Waals surface area contributed by atoms with E-state index in [0.717, 1.165) is 22.0 Å². The molecule has 0 saturated heterocycles. The van der Waals surface area contributed by atoms with Gasteiger partial charge >= 0.3 is 0 Å². The van der Waals surface area contributed by atoms with E-state index in [4.69, 9.17) is 4.42 Å². The Labute approximate surface area is 104 Å². The van der Waals surface area contributed by atoms with Crippen LogP contribution in [0.1, 0.15) is 0 Å². The smallest absolute Gasteiger partial charge is 0.141 e. The van der Waals surface area contributed by atoms with Crippen LogP contribution in [-0.2, 0) is 0 Å². The first-order valence-corrected chi connectivity index (χ1v) is 5.96. The quantitative estimate of drug-likeness (QED) is 0.512. The minimum atomic E-state index is 0.950. The largest absolute Gasteiger partial charge is 0.464 e. The van der Waals surface area contributed by atoms with Gasteiger partial charge in [0.25, 0.3) is 0 Å². The molecule has 0 aliphatic carbocycles. The Balaban J connectivity index is 2.13. The van der Waals surface area contributed by atoms with Gasteiger partial charge in [0, 0.05) is 28.0 Å². The molecule has 1 N–H and O–H groups in total. The maximum atomic E-state index is 5.62. The minimum Gasteiger partial charge on any atom is -0.464 e. The average Bonchev–Trinajstić information content (AvgIpc) is 3.06. The third-order valence-corrected chi connectivity index (χ3v) is 3.36. The summed E-state index contributed by atoms with van der Waals surface area (Å²) in [6.45, 7) is 0. The van der Waals surface area contributed by atoms with E-state index in [-0.39, 0.29) is 0 Å². The highest BCUT2D eigenvalue weighted by Gasteiger charge is 2.09. The maximum Gasteiger partial charge on any atom is 0.141 e. The van der Waals surface area contributed by atoms with Gasteiger partial charge in [-0.15, -0.1) is 0 Å². The number of fused-ring (bicyclic) bond motifs is 2. The standard InChI is InChI=1S/C16H11NO/c1-3-11-8-10-18-16(11)14(5-1)12-4-2-6-15-13(12)7-9-17-15/h1-10,17H. The Hall–Kier alpha value is -2.48. The van der Waals surface area contributed by atoms with E-state index in [2.05, 4.69) is 47.4 Å². The Kier molecular flexibility index (Phi) is 1.86. The molecule has 2 aromatic carbocycles. The highest BCUT2D eigenvalue weighted by atomic mass is 16.3. The lowest BCUT2D eigenvalue weighted by atomic mass is 10.0. The van der Waals surface area contributed by atoms with Crippen molar-refractivity contribution in [2.24, 2.45) is 0 Å². The van der Waals surface area contributed by atoms with Crippen LogP contribution in [0.15, 0.2) is 65.4 Å². The third-order valence-electron chi connectivity index (χ3n) is 3.36. The topological polar surface area (TPSA) is 28.9 Å². The number of aromatic nitrogens is 1. The van der Waals surface area contributed by atoms with Gasteiger partial charge in [-0.3, -0.25) is 0 Å². The molecule has 4 aromatic rings. The highest BCUT2D eigenvalue weighted by molar-refractivity contribution is 6.02. The van der Waals surface area contributed by atoms with E-state index in [9.17, 15) is 0 Å². The van der Waals surface area contributed by atoms with Crippen LogP contribution in [-0.4, -0.2) is 4.98 Å². The van der Waals surface area contributed by atoms with E-state index in [0.29, 0.717) is 0 Å². The number of furan rings is 1. The van der Waals surface area contributed by atoms with Crippen LogP contribution < -0.4 is 0 Å². The SMILES string of the molecule is c1cc(-c2cccc3[nH]ccc23)c2occc2c1. The second-order valence-corrected chi connectivity index (χ2v) is 4.39. The molecule has 0 aliphatic rings. The van der Waals surface area contributed by atoms with E-state index in [1.54, 1.807) is 6.26 Å². The Morgan fingerprint density at radius 3 is 2.72 bits per heavy atom.